The molecule has 0 radical (unpaired) electrons. The third kappa shape index (κ3) is 4.86. The van der Waals surface area contributed by atoms with Crippen LogP contribution in [-0.4, -0.2) is 18.0 Å². The van der Waals surface area contributed by atoms with Gasteiger partial charge in [0, 0.05) is 10.0 Å². The van der Waals surface area contributed by atoms with Gasteiger partial charge in [0.15, 0.2) is 6.10 Å². The van der Waals surface area contributed by atoms with Crippen molar-refractivity contribution >= 4 is 35.1 Å². The van der Waals surface area contributed by atoms with Gasteiger partial charge in [-0.1, -0.05) is 35.3 Å². The fourth-order valence-corrected chi connectivity index (χ4v) is 3.98. The van der Waals surface area contributed by atoms with Crippen molar-refractivity contribution < 1.29 is 14.3 Å². The van der Waals surface area contributed by atoms with Crippen LogP contribution in [0.5, 0.6) is 0 Å². The Bertz CT molecular complexity index is 897. The van der Waals surface area contributed by atoms with E-state index in [1.54, 1.807) is 31.2 Å². The van der Waals surface area contributed by atoms with E-state index >= 15 is 0 Å². The van der Waals surface area contributed by atoms with Gasteiger partial charge in [-0.3, -0.25) is 4.79 Å². The Morgan fingerprint density at radius 3 is 2.43 bits per heavy atom. The van der Waals surface area contributed by atoms with Gasteiger partial charge in [0.2, 0.25) is 0 Å². The van der Waals surface area contributed by atoms with Crippen LogP contribution in [0.1, 0.15) is 59.8 Å². The fraction of sp³-hybridized carbons (Fsp3) is 0.364. The van der Waals surface area contributed by atoms with Gasteiger partial charge in [0.1, 0.15) is 0 Å². The molecule has 1 aliphatic rings. The summed E-state index contributed by atoms with van der Waals surface area (Å²) in [6.45, 7) is 3.37. The van der Waals surface area contributed by atoms with Crippen molar-refractivity contribution in [2.45, 2.75) is 51.7 Å². The van der Waals surface area contributed by atoms with Crippen LogP contribution in [0.2, 0.25) is 10.0 Å². The van der Waals surface area contributed by atoms with Gasteiger partial charge in [0.25, 0.3) is 5.91 Å². The Morgan fingerprint density at radius 2 is 1.71 bits per heavy atom. The van der Waals surface area contributed by atoms with E-state index in [1.165, 1.54) is 17.5 Å². The number of hydrogen-bond acceptors (Lipinski definition) is 3. The molecule has 1 amide bonds. The third-order valence-electron chi connectivity index (χ3n) is 5.03. The lowest BCUT2D eigenvalue weighted by Crippen LogP contribution is -2.37. The summed E-state index contributed by atoms with van der Waals surface area (Å²) in [5.41, 5.74) is 3.72. The summed E-state index contributed by atoms with van der Waals surface area (Å²) in [6.07, 6.45) is 3.43. The quantitative estimate of drug-likeness (QED) is 0.669. The highest BCUT2D eigenvalue weighted by atomic mass is 35.5. The SMILES string of the molecule is C[C@H](NC(=O)[C@@H](C)OC(=O)c1ccc2c(c1)CCCC2)c1ccc(Cl)cc1Cl. The van der Waals surface area contributed by atoms with Gasteiger partial charge >= 0.3 is 5.97 Å². The molecule has 0 saturated heterocycles. The van der Waals surface area contributed by atoms with Gasteiger partial charge < -0.3 is 10.1 Å². The van der Waals surface area contributed by atoms with Crippen molar-refractivity contribution in [2.75, 3.05) is 0 Å². The molecule has 0 spiro atoms. The van der Waals surface area contributed by atoms with Crippen LogP contribution in [0.4, 0.5) is 0 Å². The highest BCUT2D eigenvalue weighted by Gasteiger charge is 2.22. The van der Waals surface area contributed by atoms with Gasteiger partial charge in [-0.15, -0.1) is 0 Å². The van der Waals surface area contributed by atoms with E-state index in [1.807, 2.05) is 19.1 Å². The number of ether oxygens (including phenoxy) is 1. The molecule has 0 bridgehead atoms. The molecule has 0 fully saturated rings. The molecule has 2 aromatic rings. The Labute approximate surface area is 175 Å². The maximum Gasteiger partial charge on any atom is 0.338 e. The smallest absolute Gasteiger partial charge is 0.338 e. The normalized spacial score (nSPS) is 15.3. The first kappa shape index (κ1) is 20.7. The Balaban J connectivity index is 1.61. The second kappa shape index (κ2) is 8.97. The molecule has 3 rings (SSSR count). The van der Waals surface area contributed by atoms with E-state index in [0.29, 0.717) is 15.6 Å². The molecule has 28 heavy (non-hydrogen) atoms. The average molecular weight is 420 g/mol. The molecule has 4 nitrogen and oxygen atoms in total. The van der Waals surface area contributed by atoms with E-state index in [9.17, 15) is 9.59 Å². The first-order valence-corrected chi connectivity index (χ1v) is 10.2. The predicted octanol–water partition coefficient (Wildman–Crippen LogP) is 5.29. The van der Waals surface area contributed by atoms with Crippen molar-refractivity contribution in [2.24, 2.45) is 0 Å². The van der Waals surface area contributed by atoms with Crippen molar-refractivity contribution in [3.05, 3.63) is 68.7 Å². The molecule has 1 aliphatic carbocycles. The van der Waals surface area contributed by atoms with Crippen molar-refractivity contribution in [1.29, 1.82) is 0 Å². The van der Waals surface area contributed by atoms with E-state index in [2.05, 4.69) is 5.32 Å². The Morgan fingerprint density at radius 1 is 1.00 bits per heavy atom. The molecule has 6 heteroatoms. The van der Waals surface area contributed by atoms with Crippen LogP contribution < -0.4 is 5.32 Å². The number of carbonyl (C=O) groups is 2. The van der Waals surface area contributed by atoms with Gasteiger partial charge in [0.05, 0.1) is 11.6 Å². The Kier molecular flexibility index (Phi) is 6.63. The number of esters is 1. The topological polar surface area (TPSA) is 55.4 Å². The predicted molar refractivity (Wildman–Crippen MR) is 111 cm³/mol. The van der Waals surface area contributed by atoms with E-state index < -0.39 is 12.1 Å². The van der Waals surface area contributed by atoms with Gasteiger partial charge in [-0.25, -0.2) is 4.79 Å². The van der Waals surface area contributed by atoms with Crippen molar-refractivity contribution in [3.63, 3.8) is 0 Å². The monoisotopic (exact) mass is 419 g/mol. The van der Waals surface area contributed by atoms with Crippen LogP contribution in [0.15, 0.2) is 36.4 Å². The maximum absolute atomic E-state index is 12.5. The number of carbonyl (C=O) groups excluding carboxylic acids is 2. The number of aryl methyl sites for hydroxylation is 2. The molecule has 0 heterocycles. The maximum atomic E-state index is 12.5. The fourth-order valence-electron chi connectivity index (χ4n) is 3.40. The molecular weight excluding hydrogens is 397 g/mol. The number of fused-ring (bicyclic) bond motifs is 1. The lowest BCUT2D eigenvalue weighted by Gasteiger charge is -2.20. The van der Waals surface area contributed by atoms with Gasteiger partial charge in [-0.05, 0) is 80.5 Å². The lowest BCUT2D eigenvalue weighted by atomic mass is 9.90. The Hall–Kier alpha value is -2.04. The van der Waals surface area contributed by atoms with Crippen LogP contribution in [0, 0.1) is 0 Å². The van der Waals surface area contributed by atoms with Crippen LogP contribution in [0.25, 0.3) is 0 Å². The van der Waals surface area contributed by atoms with E-state index in [4.69, 9.17) is 27.9 Å². The summed E-state index contributed by atoms with van der Waals surface area (Å²) in [4.78, 5) is 24.9. The molecule has 148 valence electrons. The summed E-state index contributed by atoms with van der Waals surface area (Å²) in [5, 5.41) is 3.82. The molecule has 0 aromatic heterocycles. The first-order valence-electron chi connectivity index (χ1n) is 9.43. The summed E-state index contributed by atoms with van der Waals surface area (Å²) in [6, 6.07) is 10.4. The second-order valence-corrected chi connectivity index (χ2v) is 7.98. The number of rotatable bonds is 5. The zero-order chi connectivity index (χ0) is 20.3. The number of benzene rings is 2. The summed E-state index contributed by atoms with van der Waals surface area (Å²) in [7, 11) is 0. The standard InChI is InChI=1S/C22H23Cl2NO3/c1-13(19-10-9-18(23)12-20(19)24)25-21(26)14(2)28-22(27)17-8-7-15-5-3-4-6-16(15)11-17/h7-14H,3-6H2,1-2H3,(H,25,26)/t13-,14+/m0/s1. The minimum atomic E-state index is -0.919. The minimum absolute atomic E-state index is 0.345. The summed E-state index contributed by atoms with van der Waals surface area (Å²) >= 11 is 12.1. The zero-order valence-corrected chi connectivity index (χ0v) is 17.4. The average Bonchev–Trinajstić information content (AvgIpc) is 2.67. The number of halogens is 2. The summed E-state index contributed by atoms with van der Waals surface area (Å²) in [5.74, 6) is -0.877. The third-order valence-corrected chi connectivity index (χ3v) is 5.59. The molecule has 1 N–H and O–H groups in total. The lowest BCUT2D eigenvalue weighted by molar-refractivity contribution is -0.129. The largest absolute Gasteiger partial charge is 0.449 e. The van der Waals surface area contributed by atoms with E-state index in [0.717, 1.165) is 24.8 Å². The molecule has 2 aromatic carbocycles. The minimum Gasteiger partial charge on any atom is -0.449 e. The van der Waals surface area contributed by atoms with Gasteiger partial charge in [-0.2, -0.15) is 0 Å². The van der Waals surface area contributed by atoms with Crippen molar-refractivity contribution in [1.82, 2.24) is 5.32 Å². The van der Waals surface area contributed by atoms with Crippen LogP contribution >= 0.6 is 23.2 Å². The molecular formula is C22H23Cl2NO3. The van der Waals surface area contributed by atoms with Crippen molar-refractivity contribution in [3.8, 4) is 0 Å². The van der Waals surface area contributed by atoms with Crippen LogP contribution in [0.3, 0.4) is 0 Å². The highest BCUT2D eigenvalue weighted by molar-refractivity contribution is 6.35. The molecule has 2 atom stereocenters. The molecule has 0 unspecified atom stereocenters. The second-order valence-electron chi connectivity index (χ2n) is 7.13. The zero-order valence-electron chi connectivity index (χ0n) is 15.9. The number of hydrogen-bond donors (Lipinski definition) is 1. The number of amides is 1. The summed E-state index contributed by atoms with van der Waals surface area (Å²) < 4.78 is 5.37. The first-order chi connectivity index (χ1) is 13.3. The van der Waals surface area contributed by atoms with E-state index in [-0.39, 0.29) is 11.9 Å². The number of nitrogens with one attached hydrogen (secondary N) is 1. The molecule has 0 saturated carbocycles. The highest BCUT2D eigenvalue weighted by Crippen LogP contribution is 2.26. The van der Waals surface area contributed by atoms with Crippen LogP contribution in [-0.2, 0) is 22.4 Å². The molecule has 0 aliphatic heterocycles.